The Balaban J connectivity index is 1.74. The molecule has 4 heterocycles. The van der Waals surface area contributed by atoms with E-state index >= 15 is 0 Å². The average Bonchev–Trinajstić information content (AvgIpc) is 3.39. The molecule has 148 valence electrons. The fourth-order valence-corrected chi connectivity index (χ4v) is 6.22. The van der Waals surface area contributed by atoms with E-state index in [1.54, 1.807) is 0 Å². The zero-order valence-electron chi connectivity index (χ0n) is 16.7. The molecule has 6 heteroatoms. The SMILES string of the molecule is CCc1cccc2c1NC(=O)C21C2C(=O)N(C(C)CC)C(=O)C2C2CCCN21. The van der Waals surface area contributed by atoms with Crippen molar-refractivity contribution in [2.24, 2.45) is 11.8 Å². The third-order valence-corrected chi connectivity index (χ3v) is 7.56. The number of aryl methyl sites for hydroxylation is 1. The van der Waals surface area contributed by atoms with Crippen LogP contribution in [0.1, 0.15) is 51.2 Å². The van der Waals surface area contributed by atoms with E-state index in [1.807, 2.05) is 32.0 Å². The molecule has 0 radical (unpaired) electrons. The monoisotopic (exact) mass is 381 g/mol. The molecule has 4 aliphatic heterocycles. The Kier molecular flexibility index (Phi) is 3.76. The van der Waals surface area contributed by atoms with Gasteiger partial charge < -0.3 is 5.32 Å². The number of rotatable bonds is 3. The number of likely N-dealkylation sites (tertiary alicyclic amines) is 1. The lowest BCUT2D eigenvalue weighted by Gasteiger charge is -2.37. The summed E-state index contributed by atoms with van der Waals surface area (Å²) in [4.78, 5) is 44.2. The highest BCUT2D eigenvalue weighted by atomic mass is 16.2. The number of carbonyl (C=O) groups is 3. The van der Waals surface area contributed by atoms with Gasteiger partial charge in [0.15, 0.2) is 0 Å². The number of hydrogen-bond donors (Lipinski definition) is 1. The van der Waals surface area contributed by atoms with Crippen LogP contribution in [0.15, 0.2) is 18.2 Å². The van der Waals surface area contributed by atoms with Crippen molar-refractivity contribution in [3.05, 3.63) is 29.3 Å². The van der Waals surface area contributed by atoms with E-state index in [0.717, 1.165) is 49.0 Å². The molecule has 5 unspecified atom stereocenters. The second-order valence-corrected chi connectivity index (χ2v) is 8.62. The highest BCUT2D eigenvalue weighted by Gasteiger charge is 2.74. The van der Waals surface area contributed by atoms with Crippen LogP contribution in [-0.2, 0) is 26.3 Å². The van der Waals surface area contributed by atoms with Crippen LogP contribution in [0.25, 0.3) is 0 Å². The first kappa shape index (κ1) is 17.9. The number of nitrogens with zero attached hydrogens (tertiary/aromatic N) is 2. The van der Waals surface area contributed by atoms with Gasteiger partial charge in [-0.2, -0.15) is 0 Å². The van der Waals surface area contributed by atoms with E-state index in [1.165, 1.54) is 4.90 Å². The molecule has 4 aliphatic rings. The topological polar surface area (TPSA) is 69.7 Å². The van der Waals surface area contributed by atoms with Gasteiger partial charge in [-0.3, -0.25) is 24.2 Å². The standard InChI is InChI=1S/C22H27N3O3/c1-4-12(3)25-19(26)16-15-10-7-11-24(15)22(17(16)20(25)27)14-9-6-8-13(5-2)18(14)23-21(22)28/h6,8-9,12,15-17H,4-5,7,10-11H2,1-3H3,(H,23,28). The molecule has 5 atom stereocenters. The van der Waals surface area contributed by atoms with Crippen molar-refractivity contribution in [2.45, 2.75) is 64.1 Å². The van der Waals surface area contributed by atoms with E-state index in [0.29, 0.717) is 0 Å². The molecular formula is C22H27N3O3. The smallest absolute Gasteiger partial charge is 0.250 e. The number of carbonyl (C=O) groups excluding carboxylic acids is 3. The number of amides is 3. The molecule has 6 nitrogen and oxygen atoms in total. The summed E-state index contributed by atoms with van der Waals surface area (Å²) in [6, 6.07) is 5.82. The van der Waals surface area contributed by atoms with Crippen molar-refractivity contribution >= 4 is 23.4 Å². The van der Waals surface area contributed by atoms with Gasteiger partial charge in [0.25, 0.3) is 0 Å². The molecular weight excluding hydrogens is 354 g/mol. The molecule has 0 bridgehead atoms. The maximum absolute atomic E-state index is 13.6. The lowest BCUT2D eigenvalue weighted by atomic mass is 9.75. The Morgan fingerprint density at radius 1 is 1.21 bits per heavy atom. The Morgan fingerprint density at radius 3 is 2.71 bits per heavy atom. The zero-order valence-corrected chi connectivity index (χ0v) is 16.7. The van der Waals surface area contributed by atoms with Crippen molar-refractivity contribution in [1.29, 1.82) is 0 Å². The number of benzene rings is 1. The highest BCUT2D eigenvalue weighted by Crippen LogP contribution is 2.60. The summed E-state index contributed by atoms with van der Waals surface area (Å²) in [5, 5.41) is 3.11. The Hall–Kier alpha value is -2.21. The van der Waals surface area contributed by atoms with Crippen LogP contribution in [0.5, 0.6) is 0 Å². The fraction of sp³-hybridized carbons (Fsp3) is 0.591. The summed E-state index contributed by atoms with van der Waals surface area (Å²) < 4.78 is 0. The predicted molar refractivity (Wildman–Crippen MR) is 104 cm³/mol. The average molecular weight is 381 g/mol. The molecule has 3 saturated heterocycles. The van der Waals surface area contributed by atoms with Crippen LogP contribution in [0.3, 0.4) is 0 Å². The minimum atomic E-state index is -1.04. The third kappa shape index (κ3) is 1.85. The summed E-state index contributed by atoms with van der Waals surface area (Å²) in [6.45, 7) is 6.73. The molecule has 1 spiro atoms. The normalized spacial score (nSPS) is 34.8. The number of imide groups is 1. The van der Waals surface area contributed by atoms with Crippen LogP contribution in [0.2, 0.25) is 0 Å². The van der Waals surface area contributed by atoms with Crippen LogP contribution >= 0.6 is 0 Å². The van der Waals surface area contributed by atoms with Gasteiger partial charge in [-0.1, -0.05) is 32.0 Å². The van der Waals surface area contributed by atoms with Gasteiger partial charge in [-0.15, -0.1) is 0 Å². The van der Waals surface area contributed by atoms with Crippen LogP contribution in [-0.4, -0.2) is 46.1 Å². The molecule has 28 heavy (non-hydrogen) atoms. The van der Waals surface area contributed by atoms with Crippen molar-refractivity contribution < 1.29 is 14.4 Å². The fourth-order valence-electron chi connectivity index (χ4n) is 6.22. The molecule has 0 saturated carbocycles. The number of nitrogens with one attached hydrogen (secondary N) is 1. The first-order chi connectivity index (χ1) is 13.5. The van der Waals surface area contributed by atoms with Crippen molar-refractivity contribution in [1.82, 2.24) is 9.80 Å². The third-order valence-electron chi connectivity index (χ3n) is 7.56. The Bertz CT molecular complexity index is 897. The van der Waals surface area contributed by atoms with Gasteiger partial charge in [0, 0.05) is 23.3 Å². The summed E-state index contributed by atoms with van der Waals surface area (Å²) in [6.07, 6.45) is 3.35. The van der Waals surface area contributed by atoms with Gasteiger partial charge in [0.2, 0.25) is 17.7 Å². The predicted octanol–water partition coefficient (Wildman–Crippen LogP) is 2.27. The Morgan fingerprint density at radius 2 is 2.00 bits per heavy atom. The first-order valence-electron chi connectivity index (χ1n) is 10.6. The largest absolute Gasteiger partial charge is 0.324 e. The van der Waals surface area contributed by atoms with Crippen LogP contribution in [0.4, 0.5) is 5.69 Å². The van der Waals surface area contributed by atoms with E-state index in [9.17, 15) is 14.4 Å². The number of anilines is 1. The minimum Gasteiger partial charge on any atom is -0.324 e. The van der Waals surface area contributed by atoms with Crippen LogP contribution in [0, 0.1) is 11.8 Å². The molecule has 0 aromatic heterocycles. The van der Waals surface area contributed by atoms with Crippen LogP contribution < -0.4 is 5.32 Å². The quantitative estimate of drug-likeness (QED) is 0.816. The van der Waals surface area contributed by atoms with E-state index in [4.69, 9.17) is 0 Å². The molecule has 3 amide bonds. The molecule has 1 N–H and O–H groups in total. The molecule has 3 fully saturated rings. The highest BCUT2D eigenvalue weighted by molar-refractivity contribution is 6.15. The zero-order chi connectivity index (χ0) is 19.8. The molecule has 1 aromatic carbocycles. The summed E-state index contributed by atoms with van der Waals surface area (Å²) in [5.74, 6) is -1.40. The van der Waals surface area contributed by atoms with E-state index < -0.39 is 17.4 Å². The molecule has 5 rings (SSSR count). The first-order valence-corrected chi connectivity index (χ1v) is 10.6. The second kappa shape index (κ2) is 5.89. The van der Waals surface area contributed by atoms with Gasteiger partial charge >= 0.3 is 0 Å². The summed E-state index contributed by atoms with van der Waals surface area (Å²) >= 11 is 0. The summed E-state index contributed by atoms with van der Waals surface area (Å²) in [5.41, 5.74) is 1.78. The number of para-hydroxylation sites is 1. The maximum atomic E-state index is 13.6. The number of fused-ring (bicyclic) bond motifs is 7. The van der Waals surface area contributed by atoms with Crippen molar-refractivity contribution in [3.8, 4) is 0 Å². The van der Waals surface area contributed by atoms with E-state index in [2.05, 4.69) is 17.1 Å². The van der Waals surface area contributed by atoms with Crippen molar-refractivity contribution in [2.75, 3.05) is 11.9 Å². The van der Waals surface area contributed by atoms with E-state index in [-0.39, 0.29) is 29.8 Å². The molecule has 0 aliphatic carbocycles. The van der Waals surface area contributed by atoms with Gasteiger partial charge in [-0.25, -0.2) is 0 Å². The number of hydrogen-bond acceptors (Lipinski definition) is 4. The van der Waals surface area contributed by atoms with Gasteiger partial charge in [0.05, 0.1) is 11.8 Å². The van der Waals surface area contributed by atoms with Gasteiger partial charge in [-0.05, 0) is 44.7 Å². The van der Waals surface area contributed by atoms with Crippen molar-refractivity contribution in [3.63, 3.8) is 0 Å². The second-order valence-electron chi connectivity index (χ2n) is 8.62. The Labute approximate surface area is 165 Å². The van der Waals surface area contributed by atoms with Gasteiger partial charge in [0.1, 0.15) is 5.54 Å². The molecule has 1 aromatic rings. The maximum Gasteiger partial charge on any atom is 0.250 e. The summed E-state index contributed by atoms with van der Waals surface area (Å²) in [7, 11) is 0. The minimum absolute atomic E-state index is 0.0301. The lowest BCUT2D eigenvalue weighted by Crippen LogP contribution is -2.54. The lowest BCUT2D eigenvalue weighted by molar-refractivity contribution is -0.147.